The van der Waals surface area contributed by atoms with Crippen LogP contribution in [0.2, 0.25) is 0 Å². The molecule has 268 valence electrons. The normalized spacial score (nSPS) is 11.5. The molecular weight excluding hydrogens is 693 g/mol. The van der Waals surface area contributed by atoms with E-state index in [9.17, 15) is 0 Å². The maximum Gasteiger partial charge on any atom is 0.143 e. The minimum atomic E-state index is 0.892. The van der Waals surface area contributed by atoms with E-state index in [1.807, 2.05) is 6.07 Å². The largest absolute Gasteiger partial charge is 0.455 e. The molecule has 2 aromatic heterocycles. The molecule has 0 unspecified atom stereocenters. The van der Waals surface area contributed by atoms with Crippen LogP contribution in [0.3, 0.4) is 0 Å². The Balaban J connectivity index is 1.21. The molecule has 0 fully saturated rings. The van der Waals surface area contributed by atoms with Gasteiger partial charge in [-0.25, -0.2) is 0 Å². The predicted octanol–water partition coefficient (Wildman–Crippen LogP) is 15.2. The van der Waals surface area contributed by atoms with Gasteiger partial charge in [-0.3, -0.25) is 0 Å². The van der Waals surface area contributed by atoms with Crippen molar-refractivity contribution >= 4 is 60.8 Å². The fourth-order valence-corrected chi connectivity index (χ4v) is 8.68. The molecule has 9 aromatic carbocycles. The molecule has 0 saturated heterocycles. The Bertz CT molecular complexity index is 3230. The Labute approximate surface area is 330 Å². The maximum absolute atomic E-state index is 6.60. The first kappa shape index (κ1) is 32.8. The molecule has 0 aliphatic heterocycles. The van der Waals surface area contributed by atoms with Crippen molar-refractivity contribution < 1.29 is 4.42 Å². The summed E-state index contributed by atoms with van der Waals surface area (Å²) in [5, 5.41) is 4.61. The summed E-state index contributed by atoms with van der Waals surface area (Å²) in [4.78, 5) is 2.45. The number of anilines is 3. The predicted molar refractivity (Wildman–Crippen MR) is 239 cm³/mol. The van der Waals surface area contributed by atoms with Crippen LogP contribution in [0, 0.1) is 0 Å². The van der Waals surface area contributed by atoms with E-state index in [0.717, 1.165) is 78.0 Å². The van der Waals surface area contributed by atoms with Crippen LogP contribution in [0.5, 0.6) is 0 Å². The smallest absolute Gasteiger partial charge is 0.143 e. The van der Waals surface area contributed by atoms with Crippen molar-refractivity contribution in [3.05, 3.63) is 218 Å². The third kappa shape index (κ3) is 5.43. The number of furan rings is 1. The second kappa shape index (κ2) is 13.6. The molecule has 3 nitrogen and oxygen atoms in total. The highest BCUT2D eigenvalue weighted by Crippen LogP contribution is 2.48. The van der Waals surface area contributed by atoms with Crippen LogP contribution < -0.4 is 4.90 Å². The lowest BCUT2D eigenvalue weighted by Crippen LogP contribution is -2.12. The number of hydrogen-bond donors (Lipinski definition) is 0. The molecule has 11 aromatic rings. The zero-order chi connectivity index (χ0) is 37.7. The van der Waals surface area contributed by atoms with E-state index in [4.69, 9.17) is 4.42 Å². The van der Waals surface area contributed by atoms with Gasteiger partial charge in [0.05, 0.1) is 28.1 Å². The Kier molecular flexibility index (Phi) is 7.82. The lowest BCUT2D eigenvalue weighted by Gasteiger charge is -2.29. The van der Waals surface area contributed by atoms with Crippen molar-refractivity contribution in [2.45, 2.75) is 0 Å². The lowest BCUT2D eigenvalue weighted by atomic mass is 9.95. The van der Waals surface area contributed by atoms with Gasteiger partial charge in [-0.05, 0) is 65.2 Å². The number of aromatic nitrogens is 1. The first-order chi connectivity index (χ1) is 28.3. The van der Waals surface area contributed by atoms with Gasteiger partial charge in [0.1, 0.15) is 11.2 Å². The number of rotatable bonds is 7. The van der Waals surface area contributed by atoms with Crippen molar-refractivity contribution in [2.75, 3.05) is 4.90 Å². The summed E-state index contributed by atoms with van der Waals surface area (Å²) in [6.07, 6.45) is 0. The number of para-hydroxylation sites is 5. The van der Waals surface area contributed by atoms with Gasteiger partial charge in [0.2, 0.25) is 0 Å². The molecule has 0 N–H and O–H groups in total. The Hall–Kier alpha value is -7.62. The summed E-state index contributed by atoms with van der Waals surface area (Å²) < 4.78 is 9.04. The molecule has 0 saturated carbocycles. The van der Waals surface area contributed by atoms with Crippen molar-refractivity contribution in [1.82, 2.24) is 4.57 Å². The molecule has 0 aliphatic carbocycles. The van der Waals surface area contributed by atoms with Crippen LogP contribution >= 0.6 is 0 Å². The molecule has 0 bridgehead atoms. The van der Waals surface area contributed by atoms with E-state index >= 15 is 0 Å². The Morgan fingerprint density at radius 3 is 1.77 bits per heavy atom. The summed E-state index contributed by atoms with van der Waals surface area (Å²) in [6.45, 7) is 0. The summed E-state index contributed by atoms with van der Waals surface area (Å²) in [5.74, 6) is 0. The van der Waals surface area contributed by atoms with Crippen LogP contribution in [0.1, 0.15) is 0 Å². The van der Waals surface area contributed by atoms with Gasteiger partial charge in [-0.2, -0.15) is 0 Å². The van der Waals surface area contributed by atoms with E-state index in [-0.39, 0.29) is 0 Å². The highest BCUT2D eigenvalue weighted by atomic mass is 16.3. The van der Waals surface area contributed by atoms with Gasteiger partial charge >= 0.3 is 0 Å². The van der Waals surface area contributed by atoms with Crippen molar-refractivity contribution in [1.29, 1.82) is 0 Å². The third-order valence-electron chi connectivity index (χ3n) is 11.2. The summed E-state index contributed by atoms with van der Waals surface area (Å²) >= 11 is 0. The minimum Gasteiger partial charge on any atom is -0.455 e. The van der Waals surface area contributed by atoms with Crippen molar-refractivity contribution in [3.8, 4) is 39.1 Å². The summed E-state index contributed by atoms with van der Waals surface area (Å²) in [6, 6.07) is 78.1. The van der Waals surface area contributed by atoms with Crippen LogP contribution in [-0.2, 0) is 0 Å². The standard InChI is InChI=1S/C54H36N2O/c1-4-18-37(19-5-1)41-24-10-13-29-47(41)56-48-30-14-11-26-46(48)53-49(31-17-32-50(53)56)55(40-22-8-3-9-23-40)51-36-39(34-35-42(51)38-20-6-2-7-21-38)43-27-16-28-45-44-25-12-15-33-52(44)57-54(43)45/h1-36H. The van der Waals surface area contributed by atoms with Crippen molar-refractivity contribution in [3.63, 3.8) is 0 Å². The number of hydrogen-bond acceptors (Lipinski definition) is 2. The first-order valence-corrected chi connectivity index (χ1v) is 19.4. The molecule has 57 heavy (non-hydrogen) atoms. The highest BCUT2D eigenvalue weighted by molar-refractivity contribution is 6.17. The molecule has 0 amide bonds. The first-order valence-electron chi connectivity index (χ1n) is 19.4. The highest BCUT2D eigenvalue weighted by Gasteiger charge is 2.25. The van der Waals surface area contributed by atoms with E-state index in [2.05, 4.69) is 222 Å². The van der Waals surface area contributed by atoms with E-state index in [1.54, 1.807) is 0 Å². The molecule has 0 spiro atoms. The molecular formula is C54H36N2O. The Morgan fingerprint density at radius 2 is 0.965 bits per heavy atom. The van der Waals surface area contributed by atoms with Gasteiger partial charge in [-0.1, -0.05) is 170 Å². The zero-order valence-corrected chi connectivity index (χ0v) is 31.1. The van der Waals surface area contributed by atoms with Gasteiger partial charge in [0.25, 0.3) is 0 Å². The zero-order valence-electron chi connectivity index (χ0n) is 31.1. The monoisotopic (exact) mass is 728 g/mol. The molecule has 0 aliphatic rings. The molecule has 11 rings (SSSR count). The van der Waals surface area contributed by atoms with Gasteiger partial charge in [-0.15, -0.1) is 0 Å². The maximum atomic E-state index is 6.60. The third-order valence-corrected chi connectivity index (χ3v) is 11.2. The quantitative estimate of drug-likeness (QED) is 0.163. The number of benzene rings is 9. The second-order valence-corrected chi connectivity index (χ2v) is 14.5. The summed E-state index contributed by atoms with van der Waals surface area (Å²) in [7, 11) is 0. The molecule has 0 atom stereocenters. The number of fused-ring (bicyclic) bond motifs is 6. The average molecular weight is 729 g/mol. The topological polar surface area (TPSA) is 21.3 Å². The van der Waals surface area contributed by atoms with Gasteiger partial charge < -0.3 is 13.9 Å². The average Bonchev–Trinajstić information content (AvgIpc) is 3.84. The Morgan fingerprint density at radius 1 is 0.368 bits per heavy atom. The molecule has 2 heterocycles. The lowest BCUT2D eigenvalue weighted by molar-refractivity contribution is 0.670. The van der Waals surface area contributed by atoms with E-state index in [0.29, 0.717) is 0 Å². The van der Waals surface area contributed by atoms with E-state index < -0.39 is 0 Å². The van der Waals surface area contributed by atoms with Crippen molar-refractivity contribution in [2.24, 2.45) is 0 Å². The van der Waals surface area contributed by atoms with Crippen LogP contribution in [0.4, 0.5) is 17.1 Å². The molecule has 0 radical (unpaired) electrons. The van der Waals surface area contributed by atoms with E-state index in [1.165, 1.54) is 21.9 Å². The van der Waals surface area contributed by atoms with Crippen LogP contribution in [0.25, 0.3) is 82.8 Å². The van der Waals surface area contributed by atoms with Gasteiger partial charge in [0.15, 0.2) is 0 Å². The molecule has 3 heteroatoms. The van der Waals surface area contributed by atoms with Crippen LogP contribution in [-0.4, -0.2) is 4.57 Å². The number of nitrogens with zero attached hydrogens (tertiary/aromatic N) is 2. The summed E-state index contributed by atoms with van der Waals surface area (Å²) in [5.41, 5.74) is 15.3. The minimum absolute atomic E-state index is 0.892. The van der Waals surface area contributed by atoms with Gasteiger partial charge in [0, 0.05) is 43.9 Å². The second-order valence-electron chi connectivity index (χ2n) is 14.5. The SMILES string of the molecule is c1ccc(-c2ccc(-c3cccc4c3oc3ccccc34)cc2N(c2ccccc2)c2cccc3c2c2ccccc2n3-c2ccccc2-c2ccccc2)cc1. The fourth-order valence-electron chi connectivity index (χ4n) is 8.68. The van der Waals surface area contributed by atoms with Crippen LogP contribution in [0.15, 0.2) is 223 Å². The fraction of sp³-hybridized carbons (Fsp3) is 0.